The number of nitrogens with zero attached hydrogens (tertiary/aromatic N) is 4. The molecule has 3 aromatic rings. The van der Waals surface area contributed by atoms with E-state index in [1.165, 1.54) is 47.6 Å². The summed E-state index contributed by atoms with van der Waals surface area (Å²) < 4.78 is 71.8. The van der Waals surface area contributed by atoms with E-state index >= 15 is 0 Å². The first-order valence-corrected chi connectivity index (χ1v) is 15.4. The van der Waals surface area contributed by atoms with Crippen molar-refractivity contribution >= 4 is 39.2 Å². The van der Waals surface area contributed by atoms with Crippen molar-refractivity contribution in [3.8, 4) is 11.5 Å². The lowest BCUT2D eigenvalue weighted by atomic mass is 10.0. The van der Waals surface area contributed by atoms with Crippen LogP contribution in [0.25, 0.3) is 0 Å². The zero-order chi connectivity index (χ0) is 30.0. The first kappa shape index (κ1) is 30.5. The van der Waals surface area contributed by atoms with Crippen molar-refractivity contribution < 1.29 is 36.2 Å². The van der Waals surface area contributed by atoms with Gasteiger partial charge in [-0.3, -0.25) is 9.78 Å². The fourth-order valence-electron chi connectivity index (χ4n) is 4.76. The lowest BCUT2D eigenvalue weighted by Crippen LogP contribution is -2.42. The molecule has 0 bridgehead atoms. The number of pyridine rings is 1. The normalized spacial score (nSPS) is 18.3. The molecule has 15 heteroatoms. The summed E-state index contributed by atoms with van der Waals surface area (Å²) in [7, 11) is -2.55. The highest BCUT2D eigenvalue weighted by atomic mass is 35.5. The van der Waals surface area contributed by atoms with Crippen molar-refractivity contribution in [1.29, 1.82) is 0 Å². The summed E-state index contributed by atoms with van der Waals surface area (Å²) >= 11 is 12.7. The second-order valence-corrected chi connectivity index (χ2v) is 12.7. The van der Waals surface area contributed by atoms with Crippen LogP contribution in [0, 0.1) is 5.92 Å². The van der Waals surface area contributed by atoms with Gasteiger partial charge in [0.2, 0.25) is 5.16 Å². The van der Waals surface area contributed by atoms with E-state index in [9.17, 15) is 22.0 Å². The highest BCUT2D eigenvalue weighted by molar-refractivity contribution is 7.89. The van der Waals surface area contributed by atoms with Gasteiger partial charge in [0.15, 0.2) is 11.5 Å². The molecule has 1 aromatic carbocycles. The minimum absolute atomic E-state index is 0.0120. The van der Waals surface area contributed by atoms with Crippen molar-refractivity contribution in [1.82, 2.24) is 18.8 Å². The van der Waals surface area contributed by atoms with E-state index in [-0.39, 0.29) is 46.1 Å². The van der Waals surface area contributed by atoms with Crippen LogP contribution in [0.1, 0.15) is 42.9 Å². The van der Waals surface area contributed by atoms with E-state index in [0.717, 1.165) is 17.1 Å². The summed E-state index contributed by atoms with van der Waals surface area (Å²) in [5.74, 6) is -0.565. The maximum Gasteiger partial charge on any atom is 0.387 e. The zero-order valence-electron chi connectivity index (χ0n) is 22.5. The lowest BCUT2D eigenvalue weighted by Gasteiger charge is -2.26. The molecular formula is C27H28Cl2F2N4O6S. The zero-order valence-corrected chi connectivity index (χ0v) is 24.8. The largest absolute Gasteiger partial charge is 0.489 e. The van der Waals surface area contributed by atoms with Crippen molar-refractivity contribution in [2.45, 2.75) is 56.0 Å². The van der Waals surface area contributed by atoms with E-state index in [2.05, 4.69) is 14.7 Å². The average Bonchev–Trinajstić information content (AvgIpc) is 3.42. The third-order valence-corrected chi connectivity index (χ3v) is 9.68. The van der Waals surface area contributed by atoms with Crippen LogP contribution >= 0.6 is 23.2 Å². The number of carbonyl (C=O) groups is 1. The number of ether oxygens (including phenoxy) is 3. The van der Waals surface area contributed by atoms with Gasteiger partial charge in [-0.25, -0.2) is 13.4 Å². The number of esters is 1. The van der Waals surface area contributed by atoms with Gasteiger partial charge in [0, 0.05) is 44.8 Å². The molecule has 5 rings (SSSR count). The van der Waals surface area contributed by atoms with Gasteiger partial charge in [-0.1, -0.05) is 29.3 Å². The molecule has 1 aliphatic carbocycles. The minimum atomic E-state index is -4.10. The predicted molar refractivity (Wildman–Crippen MR) is 148 cm³/mol. The molecule has 1 saturated carbocycles. The fourth-order valence-corrected chi connectivity index (χ4v) is 7.00. The molecule has 1 unspecified atom stereocenters. The Kier molecular flexibility index (Phi) is 9.21. The molecule has 42 heavy (non-hydrogen) atoms. The smallest absolute Gasteiger partial charge is 0.387 e. The van der Waals surface area contributed by atoms with Crippen LogP contribution in [0.5, 0.6) is 11.5 Å². The molecule has 2 fully saturated rings. The molecule has 0 amide bonds. The van der Waals surface area contributed by atoms with Crippen molar-refractivity contribution in [2.24, 2.45) is 13.0 Å². The summed E-state index contributed by atoms with van der Waals surface area (Å²) in [4.78, 5) is 21.5. The van der Waals surface area contributed by atoms with Gasteiger partial charge >= 0.3 is 12.6 Å². The van der Waals surface area contributed by atoms with Crippen LogP contribution in [-0.4, -0.2) is 59.0 Å². The molecular weight excluding hydrogens is 617 g/mol. The van der Waals surface area contributed by atoms with E-state index < -0.39 is 34.7 Å². The number of halogens is 4. The Morgan fingerprint density at radius 2 is 1.88 bits per heavy atom. The van der Waals surface area contributed by atoms with Gasteiger partial charge in [0.25, 0.3) is 10.0 Å². The summed E-state index contributed by atoms with van der Waals surface area (Å²) in [5.41, 5.74) is 0.819. The van der Waals surface area contributed by atoms with E-state index in [1.54, 1.807) is 7.05 Å². The molecule has 0 radical (unpaired) electrons. The van der Waals surface area contributed by atoms with Crippen LogP contribution in [-0.2, 0) is 33.0 Å². The Morgan fingerprint density at radius 1 is 1.14 bits per heavy atom. The van der Waals surface area contributed by atoms with Crippen LogP contribution in [0.3, 0.4) is 0 Å². The molecule has 1 saturated heterocycles. The molecule has 226 valence electrons. The number of hydrogen-bond acceptors (Lipinski definition) is 8. The van der Waals surface area contributed by atoms with E-state index in [0.29, 0.717) is 30.1 Å². The maximum absolute atomic E-state index is 13.6. The quantitative estimate of drug-likeness (QED) is 0.248. The van der Waals surface area contributed by atoms with Crippen molar-refractivity contribution in [3.63, 3.8) is 0 Å². The first-order valence-electron chi connectivity index (χ1n) is 13.2. The van der Waals surface area contributed by atoms with Gasteiger partial charge in [0.1, 0.15) is 12.1 Å². The van der Waals surface area contributed by atoms with Crippen LogP contribution in [0.2, 0.25) is 10.0 Å². The highest BCUT2D eigenvalue weighted by Gasteiger charge is 2.43. The molecule has 10 nitrogen and oxygen atoms in total. The van der Waals surface area contributed by atoms with Gasteiger partial charge < -0.3 is 18.8 Å². The van der Waals surface area contributed by atoms with Crippen molar-refractivity contribution in [3.05, 3.63) is 64.2 Å². The molecule has 2 aromatic heterocycles. The Balaban J connectivity index is 1.46. The number of alkyl halides is 2. The van der Waals surface area contributed by atoms with E-state index in [1.807, 2.05) is 0 Å². The van der Waals surface area contributed by atoms with Gasteiger partial charge in [-0.2, -0.15) is 13.1 Å². The third kappa shape index (κ3) is 6.80. The van der Waals surface area contributed by atoms with E-state index in [4.69, 9.17) is 32.7 Å². The second kappa shape index (κ2) is 12.7. The topological polar surface area (TPSA) is 113 Å². The Hall–Kier alpha value is -3.00. The number of imidazole rings is 1. The number of aromatic nitrogens is 3. The number of rotatable bonds is 12. The molecule has 2 aliphatic rings. The predicted octanol–water partition coefficient (Wildman–Crippen LogP) is 5.19. The molecule has 0 spiro atoms. The van der Waals surface area contributed by atoms with Crippen LogP contribution < -0.4 is 9.47 Å². The number of benzene rings is 1. The minimum Gasteiger partial charge on any atom is -0.489 e. The molecule has 1 aliphatic heterocycles. The Labute approximate surface area is 251 Å². The standard InChI is InChI=1S/C27H28Cl2F2N4O6S/c1-34-10-8-33-27(34)42(37,38)35-9-2-3-21(35)25(36)40-23(12-18-19(28)13-32-14-20(18)29)17-6-7-22(41-26(30)31)24(11-17)39-15-16-4-5-16/h6-8,10-11,13-14,16,21,23,26H,2-5,9,12,15H2,1H3/t21-,23?/m0/s1. The lowest BCUT2D eigenvalue weighted by molar-refractivity contribution is -0.153. The summed E-state index contributed by atoms with van der Waals surface area (Å²) in [6.45, 7) is -2.64. The summed E-state index contributed by atoms with van der Waals surface area (Å²) in [6, 6.07) is 3.15. The molecule has 2 atom stereocenters. The third-order valence-electron chi connectivity index (χ3n) is 7.12. The molecule has 0 N–H and O–H groups in total. The number of hydrogen-bond donors (Lipinski definition) is 0. The Bertz CT molecular complexity index is 1530. The van der Waals surface area contributed by atoms with Crippen LogP contribution in [0.15, 0.2) is 48.1 Å². The number of aryl methyl sites for hydroxylation is 1. The van der Waals surface area contributed by atoms with Gasteiger partial charge in [0.05, 0.1) is 16.7 Å². The average molecular weight is 646 g/mol. The molecule has 3 heterocycles. The number of carbonyl (C=O) groups excluding carboxylic acids is 1. The summed E-state index contributed by atoms with van der Waals surface area (Å²) in [6.07, 6.45) is 7.22. The summed E-state index contributed by atoms with van der Waals surface area (Å²) in [5, 5.41) is 0.263. The highest BCUT2D eigenvalue weighted by Crippen LogP contribution is 2.38. The number of sulfonamides is 1. The Morgan fingerprint density at radius 3 is 2.52 bits per heavy atom. The maximum atomic E-state index is 13.6. The van der Waals surface area contributed by atoms with Crippen molar-refractivity contribution in [2.75, 3.05) is 13.2 Å². The van der Waals surface area contributed by atoms with Crippen LogP contribution in [0.4, 0.5) is 8.78 Å². The SMILES string of the molecule is Cn1ccnc1S(=O)(=O)N1CCC[C@H]1C(=O)OC(Cc1c(Cl)cncc1Cl)c1ccc(OC(F)F)c(OCC2CC2)c1. The van der Waals surface area contributed by atoms with Gasteiger partial charge in [-0.15, -0.1) is 0 Å². The second-order valence-electron chi connectivity index (χ2n) is 10.1. The van der Waals surface area contributed by atoms with Gasteiger partial charge in [-0.05, 0) is 54.9 Å². The fraction of sp³-hybridized carbons (Fsp3) is 0.444. The monoisotopic (exact) mass is 644 g/mol. The first-order chi connectivity index (χ1) is 20.0.